The SMILES string of the molecule is CCCC(C)(C)NS(=O)(=O)c1cc(C)c(CNC)s1. The van der Waals surface area contributed by atoms with Gasteiger partial charge in [0.05, 0.1) is 0 Å². The third-order valence-corrected chi connectivity index (χ3v) is 6.29. The van der Waals surface area contributed by atoms with Gasteiger partial charge in [0.1, 0.15) is 4.21 Å². The molecule has 0 atom stereocenters. The fourth-order valence-corrected chi connectivity index (χ4v) is 5.09. The third-order valence-electron chi connectivity index (χ3n) is 2.89. The van der Waals surface area contributed by atoms with E-state index in [4.69, 9.17) is 0 Å². The zero-order chi connectivity index (χ0) is 14.7. The van der Waals surface area contributed by atoms with Crippen LogP contribution in [0.5, 0.6) is 0 Å². The molecular formula is C13H24N2O2S2. The highest BCUT2D eigenvalue weighted by Crippen LogP contribution is 2.27. The molecule has 0 aromatic carbocycles. The van der Waals surface area contributed by atoms with Crippen molar-refractivity contribution in [2.75, 3.05) is 7.05 Å². The molecule has 0 bridgehead atoms. The standard InChI is InChI=1S/C13H24N2O2S2/c1-6-7-13(3,4)15-19(16,17)12-8-10(2)11(18-12)9-14-5/h8,14-15H,6-7,9H2,1-5H3. The van der Waals surface area contributed by atoms with Crippen molar-refractivity contribution in [3.05, 3.63) is 16.5 Å². The van der Waals surface area contributed by atoms with E-state index in [2.05, 4.69) is 17.0 Å². The van der Waals surface area contributed by atoms with Crippen molar-refractivity contribution in [3.63, 3.8) is 0 Å². The van der Waals surface area contributed by atoms with E-state index in [1.165, 1.54) is 11.3 Å². The Hall–Kier alpha value is -0.430. The molecule has 110 valence electrons. The summed E-state index contributed by atoms with van der Waals surface area (Å²) in [5.41, 5.74) is 0.613. The maximum Gasteiger partial charge on any atom is 0.250 e. The molecule has 2 N–H and O–H groups in total. The fraction of sp³-hybridized carbons (Fsp3) is 0.692. The van der Waals surface area contributed by atoms with Gasteiger partial charge >= 0.3 is 0 Å². The molecule has 4 nitrogen and oxygen atoms in total. The Balaban J connectivity index is 2.97. The molecule has 6 heteroatoms. The zero-order valence-corrected chi connectivity index (χ0v) is 14.0. The molecule has 0 radical (unpaired) electrons. The molecule has 1 heterocycles. The number of hydrogen-bond acceptors (Lipinski definition) is 4. The lowest BCUT2D eigenvalue weighted by Gasteiger charge is -2.24. The molecule has 0 aliphatic carbocycles. The van der Waals surface area contributed by atoms with Gasteiger partial charge in [-0.3, -0.25) is 0 Å². The molecular weight excluding hydrogens is 280 g/mol. The first-order chi connectivity index (χ1) is 8.72. The van der Waals surface area contributed by atoms with Gasteiger partial charge in [0.15, 0.2) is 0 Å². The Morgan fingerprint density at radius 3 is 2.53 bits per heavy atom. The molecule has 0 saturated carbocycles. The second kappa shape index (κ2) is 6.35. The van der Waals surface area contributed by atoms with E-state index in [9.17, 15) is 8.42 Å². The highest BCUT2D eigenvalue weighted by Gasteiger charge is 2.27. The van der Waals surface area contributed by atoms with Crippen LogP contribution in [-0.2, 0) is 16.6 Å². The van der Waals surface area contributed by atoms with Gasteiger partial charge in [-0.1, -0.05) is 13.3 Å². The Morgan fingerprint density at radius 2 is 2.00 bits per heavy atom. The molecule has 0 aliphatic rings. The predicted molar refractivity (Wildman–Crippen MR) is 81.1 cm³/mol. The lowest BCUT2D eigenvalue weighted by Crippen LogP contribution is -2.42. The maximum atomic E-state index is 12.4. The van der Waals surface area contributed by atoms with Gasteiger partial charge in [0, 0.05) is 17.0 Å². The molecule has 0 fully saturated rings. The lowest BCUT2D eigenvalue weighted by atomic mass is 10.0. The molecule has 1 aromatic heterocycles. The summed E-state index contributed by atoms with van der Waals surface area (Å²) in [6.45, 7) is 8.53. The third kappa shape index (κ3) is 4.56. The van der Waals surface area contributed by atoms with Gasteiger partial charge in [-0.25, -0.2) is 13.1 Å². The Bertz CT molecular complexity index is 519. The summed E-state index contributed by atoms with van der Waals surface area (Å²) in [4.78, 5) is 1.07. The number of aryl methyl sites for hydroxylation is 1. The van der Waals surface area contributed by atoms with Crippen LogP contribution in [0.2, 0.25) is 0 Å². The lowest BCUT2D eigenvalue weighted by molar-refractivity contribution is 0.418. The van der Waals surface area contributed by atoms with Gasteiger partial charge in [-0.05, 0) is 45.9 Å². The van der Waals surface area contributed by atoms with Crippen molar-refractivity contribution in [1.29, 1.82) is 0 Å². The molecule has 0 unspecified atom stereocenters. The quantitative estimate of drug-likeness (QED) is 0.814. The van der Waals surface area contributed by atoms with Gasteiger partial charge in [0.25, 0.3) is 10.0 Å². The van der Waals surface area contributed by atoms with Crippen LogP contribution in [0.3, 0.4) is 0 Å². The summed E-state index contributed by atoms with van der Waals surface area (Å²) in [5.74, 6) is 0. The molecule has 1 aromatic rings. The summed E-state index contributed by atoms with van der Waals surface area (Å²) in [5, 5.41) is 3.05. The van der Waals surface area contributed by atoms with E-state index in [1.54, 1.807) is 6.07 Å². The van der Waals surface area contributed by atoms with E-state index in [-0.39, 0.29) is 0 Å². The first-order valence-corrected chi connectivity index (χ1v) is 8.79. The minimum atomic E-state index is -3.42. The van der Waals surface area contributed by atoms with Gasteiger partial charge in [-0.2, -0.15) is 0 Å². The minimum absolute atomic E-state index is 0.402. The van der Waals surface area contributed by atoms with Crippen molar-refractivity contribution in [3.8, 4) is 0 Å². The summed E-state index contributed by atoms with van der Waals surface area (Å²) in [6, 6.07) is 1.75. The molecule has 0 amide bonds. The van der Waals surface area contributed by atoms with Crippen LogP contribution < -0.4 is 10.0 Å². The van der Waals surface area contributed by atoms with E-state index >= 15 is 0 Å². The summed E-state index contributed by atoms with van der Waals surface area (Å²) in [6.07, 6.45) is 1.77. The largest absolute Gasteiger partial charge is 0.315 e. The van der Waals surface area contributed by atoms with Crippen molar-refractivity contribution in [2.45, 2.75) is 56.8 Å². The molecule has 0 aliphatic heterocycles. The van der Waals surface area contributed by atoms with Crippen LogP contribution >= 0.6 is 11.3 Å². The predicted octanol–water partition coefficient (Wildman–Crippen LogP) is 2.63. The van der Waals surface area contributed by atoms with E-state index in [0.29, 0.717) is 10.8 Å². The van der Waals surface area contributed by atoms with Crippen LogP contribution in [0.25, 0.3) is 0 Å². The van der Waals surface area contributed by atoms with Crippen molar-refractivity contribution in [2.24, 2.45) is 0 Å². The molecule has 1 rings (SSSR count). The Morgan fingerprint density at radius 1 is 1.37 bits per heavy atom. The number of sulfonamides is 1. The Kier molecular flexibility index (Phi) is 5.55. The van der Waals surface area contributed by atoms with E-state index in [0.717, 1.165) is 23.3 Å². The monoisotopic (exact) mass is 304 g/mol. The van der Waals surface area contributed by atoms with Crippen molar-refractivity contribution >= 4 is 21.4 Å². The fourth-order valence-electron chi connectivity index (χ4n) is 2.05. The first kappa shape index (κ1) is 16.6. The first-order valence-electron chi connectivity index (χ1n) is 6.49. The van der Waals surface area contributed by atoms with Gasteiger partial charge in [-0.15, -0.1) is 11.3 Å². The number of hydrogen-bond donors (Lipinski definition) is 2. The number of nitrogens with one attached hydrogen (secondary N) is 2. The second-order valence-corrected chi connectivity index (χ2v) is 8.49. The highest BCUT2D eigenvalue weighted by molar-refractivity contribution is 7.91. The minimum Gasteiger partial charge on any atom is -0.315 e. The van der Waals surface area contributed by atoms with Gasteiger partial charge in [0.2, 0.25) is 0 Å². The zero-order valence-electron chi connectivity index (χ0n) is 12.3. The van der Waals surface area contributed by atoms with Crippen molar-refractivity contribution < 1.29 is 8.42 Å². The summed E-state index contributed by atoms with van der Waals surface area (Å²) >= 11 is 1.34. The van der Waals surface area contributed by atoms with Crippen LogP contribution in [0.1, 0.15) is 44.1 Å². The molecule has 19 heavy (non-hydrogen) atoms. The smallest absolute Gasteiger partial charge is 0.250 e. The van der Waals surface area contributed by atoms with Crippen LogP contribution in [0, 0.1) is 6.92 Å². The average molecular weight is 304 g/mol. The van der Waals surface area contributed by atoms with Crippen LogP contribution in [0.15, 0.2) is 10.3 Å². The summed E-state index contributed by atoms with van der Waals surface area (Å²) in [7, 11) is -1.56. The molecule has 0 spiro atoms. The van der Waals surface area contributed by atoms with Crippen LogP contribution in [0.4, 0.5) is 0 Å². The average Bonchev–Trinajstić information content (AvgIpc) is 2.60. The Labute approximate surface area is 120 Å². The number of thiophene rings is 1. The molecule has 0 saturated heterocycles. The van der Waals surface area contributed by atoms with E-state index < -0.39 is 15.6 Å². The van der Waals surface area contributed by atoms with Crippen molar-refractivity contribution in [1.82, 2.24) is 10.0 Å². The van der Waals surface area contributed by atoms with Gasteiger partial charge < -0.3 is 5.32 Å². The van der Waals surface area contributed by atoms with Crippen LogP contribution in [-0.4, -0.2) is 21.0 Å². The number of rotatable bonds is 7. The maximum absolute atomic E-state index is 12.4. The second-order valence-electron chi connectivity index (χ2n) is 5.44. The normalized spacial score (nSPS) is 12.9. The van der Waals surface area contributed by atoms with E-state index in [1.807, 2.05) is 27.8 Å². The highest BCUT2D eigenvalue weighted by atomic mass is 32.2. The topological polar surface area (TPSA) is 58.2 Å². The summed E-state index contributed by atoms with van der Waals surface area (Å²) < 4.78 is 27.9.